The van der Waals surface area contributed by atoms with Gasteiger partial charge in [-0.2, -0.15) is 0 Å². The van der Waals surface area contributed by atoms with Crippen LogP contribution in [0.25, 0.3) is 5.65 Å². The minimum Gasteiger partial charge on any atom is -0.367 e. The molecule has 0 aliphatic heterocycles. The molecule has 0 aliphatic carbocycles. The molecule has 0 amide bonds. The molecular weight excluding hydrogens is 214 g/mol. The van der Waals surface area contributed by atoms with Gasteiger partial charge in [0.2, 0.25) is 5.65 Å². The summed E-state index contributed by atoms with van der Waals surface area (Å²) in [6.45, 7) is 7.30. The van der Waals surface area contributed by atoms with E-state index in [0.29, 0.717) is 5.92 Å². The van der Waals surface area contributed by atoms with Crippen molar-refractivity contribution in [3.63, 3.8) is 0 Å². The molecule has 0 aliphatic rings. The van der Waals surface area contributed by atoms with Gasteiger partial charge in [-0.05, 0) is 12.8 Å². The van der Waals surface area contributed by atoms with Crippen LogP contribution in [0.15, 0.2) is 12.4 Å². The highest BCUT2D eigenvalue weighted by molar-refractivity contribution is 5.61. The van der Waals surface area contributed by atoms with E-state index in [1.165, 1.54) is 12.8 Å². The van der Waals surface area contributed by atoms with Crippen molar-refractivity contribution in [1.29, 1.82) is 0 Å². The SMILES string of the molecule is CCC(CC)CNc1nccn2c(C)nnc12. The average molecular weight is 233 g/mol. The summed E-state index contributed by atoms with van der Waals surface area (Å²) < 4.78 is 1.95. The summed E-state index contributed by atoms with van der Waals surface area (Å²) in [4.78, 5) is 4.33. The number of hydrogen-bond donors (Lipinski definition) is 1. The molecular formula is C12H19N5. The maximum Gasteiger partial charge on any atom is 0.203 e. The lowest BCUT2D eigenvalue weighted by Crippen LogP contribution is -2.14. The topological polar surface area (TPSA) is 55.1 Å². The van der Waals surface area contributed by atoms with Crippen molar-refractivity contribution in [2.45, 2.75) is 33.6 Å². The van der Waals surface area contributed by atoms with E-state index in [-0.39, 0.29) is 0 Å². The molecule has 0 saturated carbocycles. The van der Waals surface area contributed by atoms with Crippen LogP contribution in [0.2, 0.25) is 0 Å². The van der Waals surface area contributed by atoms with Crippen molar-refractivity contribution in [3.8, 4) is 0 Å². The second-order valence-corrected chi connectivity index (χ2v) is 4.28. The normalized spacial score (nSPS) is 11.3. The first-order chi connectivity index (χ1) is 8.26. The van der Waals surface area contributed by atoms with Crippen LogP contribution in [0.1, 0.15) is 32.5 Å². The van der Waals surface area contributed by atoms with Crippen molar-refractivity contribution >= 4 is 11.5 Å². The van der Waals surface area contributed by atoms with Crippen LogP contribution in [0, 0.1) is 12.8 Å². The molecule has 2 heterocycles. The Bertz CT molecular complexity index is 487. The van der Waals surface area contributed by atoms with Crippen LogP contribution < -0.4 is 5.32 Å². The Morgan fingerprint density at radius 3 is 2.76 bits per heavy atom. The van der Waals surface area contributed by atoms with Crippen molar-refractivity contribution < 1.29 is 0 Å². The molecule has 0 radical (unpaired) electrons. The van der Waals surface area contributed by atoms with Crippen molar-refractivity contribution in [2.24, 2.45) is 5.92 Å². The molecule has 5 heteroatoms. The van der Waals surface area contributed by atoms with E-state index in [1.54, 1.807) is 6.20 Å². The van der Waals surface area contributed by atoms with Gasteiger partial charge >= 0.3 is 0 Å². The van der Waals surface area contributed by atoms with Crippen LogP contribution in [-0.2, 0) is 0 Å². The third-order valence-corrected chi connectivity index (χ3v) is 3.21. The van der Waals surface area contributed by atoms with Crippen molar-refractivity contribution in [1.82, 2.24) is 19.6 Å². The Hall–Kier alpha value is -1.65. The number of hydrogen-bond acceptors (Lipinski definition) is 4. The molecule has 0 fully saturated rings. The molecule has 0 unspecified atom stereocenters. The molecule has 2 aromatic heterocycles. The number of fused-ring (bicyclic) bond motifs is 1. The second kappa shape index (κ2) is 5.12. The highest BCUT2D eigenvalue weighted by Gasteiger charge is 2.09. The molecule has 0 aromatic carbocycles. The van der Waals surface area contributed by atoms with Gasteiger partial charge in [-0.25, -0.2) is 4.98 Å². The van der Waals surface area contributed by atoms with Crippen LogP contribution in [0.5, 0.6) is 0 Å². The fourth-order valence-corrected chi connectivity index (χ4v) is 1.88. The largest absolute Gasteiger partial charge is 0.367 e. The van der Waals surface area contributed by atoms with Gasteiger partial charge in [0.1, 0.15) is 5.82 Å². The summed E-state index contributed by atoms with van der Waals surface area (Å²) in [5, 5.41) is 11.6. The Labute approximate surface area is 101 Å². The molecule has 5 nitrogen and oxygen atoms in total. The number of aryl methyl sites for hydroxylation is 1. The van der Waals surface area contributed by atoms with E-state index in [4.69, 9.17) is 0 Å². The summed E-state index contributed by atoms with van der Waals surface area (Å²) in [6.07, 6.45) is 6.02. The summed E-state index contributed by atoms with van der Waals surface area (Å²) in [5.74, 6) is 2.38. The fraction of sp³-hybridized carbons (Fsp3) is 0.583. The zero-order valence-corrected chi connectivity index (χ0v) is 10.6. The summed E-state index contributed by atoms with van der Waals surface area (Å²) in [6, 6.07) is 0. The highest BCUT2D eigenvalue weighted by atomic mass is 15.3. The number of rotatable bonds is 5. The lowest BCUT2D eigenvalue weighted by Gasteiger charge is -2.13. The first kappa shape index (κ1) is 11.8. The van der Waals surface area contributed by atoms with Gasteiger partial charge in [0.05, 0.1) is 0 Å². The molecule has 0 atom stereocenters. The number of aromatic nitrogens is 4. The zero-order chi connectivity index (χ0) is 12.3. The molecule has 0 saturated heterocycles. The minimum absolute atomic E-state index is 0.682. The molecule has 92 valence electrons. The predicted octanol–water partition coefficient (Wildman–Crippen LogP) is 2.28. The maximum atomic E-state index is 4.33. The van der Waals surface area contributed by atoms with Crippen LogP contribution in [-0.4, -0.2) is 26.1 Å². The lowest BCUT2D eigenvalue weighted by molar-refractivity contribution is 0.518. The molecule has 2 rings (SSSR count). The van der Waals surface area contributed by atoms with E-state index in [2.05, 4.69) is 34.3 Å². The Morgan fingerprint density at radius 2 is 2.06 bits per heavy atom. The van der Waals surface area contributed by atoms with E-state index in [0.717, 1.165) is 23.8 Å². The smallest absolute Gasteiger partial charge is 0.203 e. The van der Waals surface area contributed by atoms with Crippen molar-refractivity contribution in [2.75, 3.05) is 11.9 Å². The van der Waals surface area contributed by atoms with E-state index in [1.807, 2.05) is 17.5 Å². The monoisotopic (exact) mass is 233 g/mol. The van der Waals surface area contributed by atoms with Gasteiger partial charge < -0.3 is 5.32 Å². The Kier molecular flexibility index (Phi) is 3.56. The minimum atomic E-state index is 0.682. The van der Waals surface area contributed by atoms with E-state index < -0.39 is 0 Å². The number of anilines is 1. The molecule has 0 spiro atoms. The number of nitrogens with zero attached hydrogens (tertiary/aromatic N) is 4. The molecule has 1 N–H and O–H groups in total. The third-order valence-electron chi connectivity index (χ3n) is 3.21. The fourth-order valence-electron chi connectivity index (χ4n) is 1.88. The Balaban J connectivity index is 2.18. The second-order valence-electron chi connectivity index (χ2n) is 4.28. The highest BCUT2D eigenvalue weighted by Crippen LogP contribution is 2.14. The molecule has 2 aromatic rings. The first-order valence-corrected chi connectivity index (χ1v) is 6.16. The third kappa shape index (κ3) is 2.38. The zero-order valence-electron chi connectivity index (χ0n) is 10.6. The standard InChI is InChI=1S/C12H19N5/c1-4-10(5-2)8-14-11-12-16-15-9(3)17(12)7-6-13-11/h6-7,10H,4-5,8H2,1-3H3,(H,13,14). The molecule has 17 heavy (non-hydrogen) atoms. The van der Waals surface area contributed by atoms with Gasteiger partial charge in [-0.15, -0.1) is 10.2 Å². The van der Waals surface area contributed by atoms with E-state index >= 15 is 0 Å². The van der Waals surface area contributed by atoms with Crippen LogP contribution >= 0.6 is 0 Å². The van der Waals surface area contributed by atoms with Gasteiger partial charge in [0.25, 0.3) is 0 Å². The van der Waals surface area contributed by atoms with Gasteiger partial charge in [-0.1, -0.05) is 26.7 Å². The Morgan fingerprint density at radius 1 is 1.29 bits per heavy atom. The lowest BCUT2D eigenvalue weighted by atomic mass is 10.0. The summed E-state index contributed by atoms with van der Waals surface area (Å²) >= 11 is 0. The van der Waals surface area contributed by atoms with Gasteiger partial charge in [0, 0.05) is 18.9 Å². The quantitative estimate of drug-likeness (QED) is 0.860. The number of nitrogens with one attached hydrogen (secondary N) is 1. The van der Waals surface area contributed by atoms with Gasteiger partial charge in [-0.3, -0.25) is 4.40 Å². The molecule has 0 bridgehead atoms. The summed E-state index contributed by atoms with van der Waals surface area (Å²) in [5.41, 5.74) is 0.802. The predicted molar refractivity (Wildman–Crippen MR) is 68.1 cm³/mol. The first-order valence-electron chi connectivity index (χ1n) is 6.16. The van der Waals surface area contributed by atoms with Crippen LogP contribution in [0.3, 0.4) is 0 Å². The van der Waals surface area contributed by atoms with E-state index in [9.17, 15) is 0 Å². The maximum absolute atomic E-state index is 4.33. The van der Waals surface area contributed by atoms with Crippen molar-refractivity contribution in [3.05, 3.63) is 18.2 Å². The average Bonchev–Trinajstić information content (AvgIpc) is 2.73. The van der Waals surface area contributed by atoms with Crippen LogP contribution in [0.4, 0.5) is 5.82 Å². The van der Waals surface area contributed by atoms with Gasteiger partial charge in [0.15, 0.2) is 5.82 Å². The summed E-state index contributed by atoms with van der Waals surface area (Å²) in [7, 11) is 0.